The number of ketones is 1. The second-order valence-electron chi connectivity index (χ2n) is 4.10. The first-order valence-corrected chi connectivity index (χ1v) is 5.53. The molecular formula is C13H19NO3. The van der Waals surface area contributed by atoms with E-state index >= 15 is 0 Å². The molecule has 94 valence electrons. The molecule has 0 aliphatic carbocycles. The quantitative estimate of drug-likeness (QED) is 0.752. The number of Topliss-reactive ketones (excluding diaryl/α,β-unsaturated/α-hetero) is 1. The number of rotatable bonds is 5. The maximum atomic E-state index is 12.0. The summed E-state index contributed by atoms with van der Waals surface area (Å²) in [4.78, 5) is 12.0. The zero-order valence-electron chi connectivity index (χ0n) is 10.7. The Morgan fingerprint density at radius 3 is 2.65 bits per heavy atom. The third-order valence-electron chi connectivity index (χ3n) is 2.59. The number of aryl methyl sites for hydroxylation is 2. The van der Waals surface area contributed by atoms with Gasteiger partial charge in [0.2, 0.25) is 0 Å². The molecular weight excluding hydrogens is 218 g/mol. The van der Waals surface area contributed by atoms with Gasteiger partial charge in [-0.2, -0.15) is 0 Å². The summed E-state index contributed by atoms with van der Waals surface area (Å²) in [7, 11) is 3.22. The molecule has 4 nitrogen and oxygen atoms in total. The van der Waals surface area contributed by atoms with Gasteiger partial charge in [-0.3, -0.25) is 4.79 Å². The van der Waals surface area contributed by atoms with Crippen molar-refractivity contribution in [3.8, 4) is 5.75 Å². The SMILES string of the molecule is CNCC(O)C(=O)c1cc(C)cc(C)c1OC. The lowest BCUT2D eigenvalue weighted by Gasteiger charge is -2.14. The van der Waals surface area contributed by atoms with E-state index in [0.29, 0.717) is 11.3 Å². The van der Waals surface area contributed by atoms with Crippen LogP contribution in [0.5, 0.6) is 5.75 Å². The number of hydrogen-bond donors (Lipinski definition) is 2. The minimum atomic E-state index is -1.05. The highest BCUT2D eigenvalue weighted by atomic mass is 16.5. The van der Waals surface area contributed by atoms with Gasteiger partial charge in [0.1, 0.15) is 11.9 Å². The minimum absolute atomic E-state index is 0.231. The third kappa shape index (κ3) is 3.05. The Balaban J connectivity index is 3.16. The maximum absolute atomic E-state index is 12.0. The van der Waals surface area contributed by atoms with E-state index < -0.39 is 6.10 Å². The highest BCUT2D eigenvalue weighted by Gasteiger charge is 2.21. The first kappa shape index (κ1) is 13.7. The number of carbonyl (C=O) groups excluding carboxylic acids is 1. The largest absolute Gasteiger partial charge is 0.496 e. The molecule has 0 saturated heterocycles. The van der Waals surface area contributed by atoms with Crippen LogP contribution in [0.4, 0.5) is 0 Å². The van der Waals surface area contributed by atoms with Crippen LogP contribution in [0.2, 0.25) is 0 Å². The van der Waals surface area contributed by atoms with E-state index in [9.17, 15) is 9.90 Å². The van der Waals surface area contributed by atoms with E-state index in [1.807, 2.05) is 19.9 Å². The van der Waals surface area contributed by atoms with Crippen LogP contribution in [0.3, 0.4) is 0 Å². The molecule has 1 aromatic carbocycles. The minimum Gasteiger partial charge on any atom is -0.496 e. The van der Waals surface area contributed by atoms with Crippen molar-refractivity contribution >= 4 is 5.78 Å². The second-order valence-corrected chi connectivity index (χ2v) is 4.10. The van der Waals surface area contributed by atoms with Crippen LogP contribution in [0.15, 0.2) is 12.1 Å². The molecule has 0 saturated carbocycles. The van der Waals surface area contributed by atoms with Crippen LogP contribution in [-0.4, -0.2) is 37.7 Å². The number of aliphatic hydroxyl groups is 1. The number of benzene rings is 1. The predicted octanol–water partition coefficient (Wildman–Crippen LogP) is 1.08. The normalized spacial score (nSPS) is 12.3. The van der Waals surface area contributed by atoms with E-state index in [1.165, 1.54) is 7.11 Å². The monoisotopic (exact) mass is 237 g/mol. The number of carbonyl (C=O) groups is 1. The molecule has 1 atom stereocenters. The predicted molar refractivity (Wildman–Crippen MR) is 66.7 cm³/mol. The van der Waals surface area contributed by atoms with Gasteiger partial charge in [0, 0.05) is 6.54 Å². The molecule has 0 aliphatic rings. The molecule has 2 N–H and O–H groups in total. The number of nitrogens with one attached hydrogen (secondary N) is 1. The summed E-state index contributed by atoms with van der Waals surface area (Å²) >= 11 is 0. The molecule has 0 heterocycles. The Morgan fingerprint density at radius 1 is 1.47 bits per heavy atom. The van der Waals surface area contributed by atoms with E-state index in [0.717, 1.165) is 11.1 Å². The summed E-state index contributed by atoms with van der Waals surface area (Å²) in [5.41, 5.74) is 2.31. The third-order valence-corrected chi connectivity index (χ3v) is 2.59. The van der Waals surface area contributed by atoms with Crippen LogP contribution in [0, 0.1) is 13.8 Å². The van der Waals surface area contributed by atoms with E-state index in [2.05, 4.69) is 5.32 Å². The van der Waals surface area contributed by atoms with Gasteiger partial charge in [-0.25, -0.2) is 0 Å². The van der Waals surface area contributed by atoms with Crippen molar-refractivity contribution in [3.63, 3.8) is 0 Å². The summed E-state index contributed by atoms with van der Waals surface area (Å²) < 4.78 is 5.23. The van der Waals surface area contributed by atoms with Gasteiger partial charge in [-0.05, 0) is 38.1 Å². The molecule has 0 bridgehead atoms. The van der Waals surface area contributed by atoms with Crippen LogP contribution < -0.4 is 10.1 Å². The molecule has 0 radical (unpaired) electrons. The Hall–Kier alpha value is -1.39. The second kappa shape index (κ2) is 5.80. The van der Waals surface area contributed by atoms with Crippen LogP contribution >= 0.6 is 0 Å². The van der Waals surface area contributed by atoms with Gasteiger partial charge >= 0.3 is 0 Å². The zero-order valence-corrected chi connectivity index (χ0v) is 10.7. The molecule has 4 heteroatoms. The van der Waals surface area contributed by atoms with Crippen molar-refractivity contribution in [1.29, 1.82) is 0 Å². The number of ether oxygens (including phenoxy) is 1. The van der Waals surface area contributed by atoms with Crippen LogP contribution in [0.1, 0.15) is 21.5 Å². The average molecular weight is 237 g/mol. The number of likely N-dealkylation sites (N-methyl/N-ethyl adjacent to an activating group) is 1. The van der Waals surface area contributed by atoms with Gasteiger partial charge in [-0.1, -0.05) is 6.07 Å². The first-order valence-electron chi connectivity index (χ1n) is 5.53. The van der Waals surface area contributed by atoms with Crippen molar-refractivity contribution in [2.75, 3.05) is 20.7 Å². The Bertz CT molecular complexity index is 415. The smallest absolute Gasteiger partial charge is 0.196 e. The first-order chi connectivity index (χ1) is 8.01. The van der Waals surface area contributed by atoms with E-state index in [-0.39, 0.29) is 12.3 Å². The van der Waals surface area contributed by atoms with Crippen molar-refractivity contribution in [2.45, 2.75) is 20.0 Å². The Morgan fingerprint density at radius 2 is 2.12 bits per heavy atom. The molecule has 1 aromatic rings. The molecule has 0 aromatic heterocycles. The van der Waals surface area contributed by atoms with Crippen LogP contribution in [-0.2, 0) is 0 Å². The number of methoxy groups -OCH3 is 1. The summed E-state index contributed by atoms with van der Waals surface area (Å²) in [5.74, 6) is 0.221. The van der Waals surface area contributed by atoms with Crippen molar-refractivity contribution in [1.82, 2.24) is 5.32 Å². The fourth-order valence-corrected chi connectivity index (χ4v) is 1.87. The van der Waals surface area contributed by atoms with Crippen molar-refractivity contribution in [2.24, 2.45) is 0 Å². The molecule has 0 fully saturated rings. The van der Waals surface area contributed by atoms with Gasteiger partial charge in [0.05, 0.1) is 12.7 Å². The lowest BCUT2D eigenvalue weighted by molar-refractivity contribution is 0.0747. The maximum Gasteiger partial charge on any atom is 0.196 e. The van der Waals surface area contributed by atoms with Gasteiger partial charge in [0.15, 0.2) is 5.78 Å². The standard InChI is InChI=1S/C13H19NO3/c1-8-5-9(2)13(17-4)10(6-8)12(16)11(15)7-14-3/h5-6,11,14-15H,7H2,1-4H3. The molecule has 0 aliphatic heterocycles. The number of hydrogen-bond acceptors (Lipinski definition) is 4. The zero-order chi connectivity index (χ0) is 13.0. The summed E-state index contributed by atoms with van der Waals surface area (Å²) in [6, 6.07) is 3.69. The van der Waals surface area contributed by atoms with Gasteiger partial charge in [-0.15, -0.1) is 0 Å². The molecule has 17 heavy (non-hydrogen) atoms. The average Bonchev–Trinajstić information content (AvgIpc) is 2.27. The summed E-state index contributed by atoms with van der Waals surface area (Å²) in [5, 5.41) is 12.5. The molecule has 0 spiro atoms. The highest BCUT2D eigenvalue weighted by molar-refractivity contribution is 6.02. The van der Waals surface area contributed by atoms with Crippen molar-refractivity contribution < 1.29 is 14.6 Å². The van der Waals surface area contributed by atoms with Gasteiger partial charge < -0.3 is 15.2 Å². The van der Waals surface area contributed by atoms with Gasteiger partial charge in [0.25, 0.3) is 0 Å². The van der Waals surface area contributed by atoms with E-state index in [4.69, 9.17) is 4.74 Å². The summed E-state index contributed by atoms with van der Waals surface area (Å²) in [6.45, 7) is 4.02. The Labute approximate surface area is 102 Å². The van der Waals surface area contributed by atoms with E-state index in [1.54, 1.807) is 13.1 Å². The molecule has 1 rings (SSSR count). The topological polar surface area (TPSA) is 58.6 Å². The van der Waals surface area contributed by atoms with Crippen LogP contribution in [0.25, 0.3) is 0 Å². The van der Waals surface area contributed by atoms with Crippen molar-refractivity contribution in [3.05, 3.63) is 28.8 Å². The molecule has 1 unspecified atom stereocenters. The highest BCUT2D eigenvalue weighted by Crippen LogP contribution is 2.26. The lowest BCUT2D eigenvalue weighted by atomic mass is 9.99. The molecule has 0 amide bonds. The fourth-order valence-electron chi connectivity index (χ4n) is 1.87. The lowest BCUT2D eigenvalue weighted by Crippen LogP contribution is -2.31. The number of aliphatic hydroxyl groups excluding tert-OH is 1. The summed E-state index contributed by atoms with van der Waals surface area (Å²) in [6.07, 6.45) is -1.05. The fraction of sp³-hybridized carbons (Fsp3) is 0.462. The Kier molecular flexibility index (Phi) is 4.66.